The fourth-order valence-electron chi connectivity index (χ4n) is 4.43. The van der Waals surface area contributed by atoms with Gasteiger partial charge >= 0.3 is 0 Å². The van der Waals surface area contributed by atoms with Crippen LogP contribution in [0.5, 0.6) is 23.1 Å². The molecule has 1 aliphatic carbocycles. The molecular weight excluding hydrogens is 397 g/mol. The number of pyridine rings is 1. The van der Waals surface area contributed by atoms with Crippen LogP contribution in [0.4, 0.5) is 4.39 Å². The molecule has 0 amide bonds. The highest BCUT2D eigenvalue weighted by atomic mass is 19.1. The first-order chi connectivity index (χ1) is 15.1. The molecule has 6 heteroatoms. The van der Waals surface area contributed by atoms with Gasteiger partial charge in [-0.3, -0.25) is 0 Å². The predicted octanol–water partition coefficient (Wildman–Crippen LogP) is 5.25. The number of hydrogen-bond acceptors (Lipinski definition) is 5. The lowest BCUT2D eigenvalue weighted by molar-refractivity contribution is 0.202. The Morgan fingerprint density at radius 2 is 2.10 bits per heavy atom. The third-order valence-corrected chi connectivity index (χ3v) is 5.94. The van der Waals surface area contributed by atoms with Crippen LogP contribution in [-0.4, -0.2) is 23.3 Å². The van der Waals surface area contributed by atoms with Crippen molar-refractivity contribution in [1.82, 2.24) is 4.98 Å². The molecule has 0 saturated carbocycles. The van der Waals surface area contributed by atoms with Crippen LogP contribution in [0.3, 0.4) is 0 Å². The molecule has 0 saturated heterocycles. The van der Waals surface area contributed by atoms with Crippen LogP contribution < -0.4 is 14.2 Å². The SMILES string of the molecule is Cc1cccc(Oc2ccc(F)c3c2CC[C@H]3Oc2ccc3c(c2)OC[C@H]3CCO)n1. The summed E-state index contributed by atoms with van der Waals surface area (Å²) in [5, 5.41) is 9.21. The summed E-state index contributed by atoms with van der Waals surface area (Å²) >= 11 is 0. The zero-order chi connectivity index (χ0) is 21.4. The molecule has 5 rings (SSSR count). The van der Waals surface area contributed by atoms with Gasteiger partial charge in [-0.05, 0) is 50.5 Å². The Kier molecular flexibility index (Phi) is 5.24. The highest BCUT2D eigenvalue weighted by Crippen LogP contribution is 2.44. The Labute approximate surface area is 180 Å². The number of aliphatic hydroxyl groups is 1. The molecule has 0 fully saturated rings. The van der Waals surface area contributed by atoms with Gasteiger partial charge in [0.2, 0.25) is 5.88 Å². The van der Waals surface area contributed by atoms with E-state index in [-0.39, 0.29) is 18.3 Å². The van der Waals surface area contributed by atoms with E-state index in [1.807, 2.05) is 37.3 Å². The molecule has 0 bridgehead atoms. The van der Waals surface area contributed by atoms with Crippen molar-refractivity contribution >= 4 is 0 Å². The van der Waals surface area contributed by atoms with E-state index in [4.69, 9.17) is 14.2 Å². The number of aromatic nitrogens is 1. The Morgan fingerprint density at radius 3 is 2.94 bits per heavy atom. The van der Waals surface area contributed by atoms with Crippen LogP contribution >= 0.6 is 0 Å². The van der Waals surface area contributed by atoms with Crippen LogP contribution in [0, 0.1) is 12.7 Å². The van der Waals surface area contributed by atoms with Crippen LogP contribution in [-0.2, 0) is 6.42 Å². The van der Waals surface area contributed by atoms with Crippen LogP contribution in [0.25, 0.3) is 0 Å². The first-order valence-corrected chi connectivity index (χ1v) is 10.6. The van der Waals surface area contributed by atoms with Gasteiger partial charge in [0, 0.05) is 47.0 Å². The topological polar surface area (TPSA) is 60.8 Å². The van der Waals surface area contributed by atoms with Crippen molar-refractivity contribution in [3.63, 3.8) is 0 Å². The standard InChI is InChI=1S/C25H24FNO4/c1-15-3-2-4-24(27-15)31-21-10-8-20(26)25-19(21)7-9-22(25)30-17-5-6-18-16(11-12-28)14-29-23(18)13-17/h2-6,8,10,13,16,22,28H,7,9,11-12,14H2,1H3/t16-,22-/m1/s1. The number of ether oxygens (including phenoxy) is 3. The minimum absolute atomic E-state index is 0.131. The molecule has 2 heterocycles. The van der Waals surface area contributed by atoms with Crippen LogP contribution in [0.1, 0.15) is 47.2 Å². The molecule has 5 nitrogen and oxygen atoms in total. The summed E-state index contributed by atoms with van der Waals surface area (Å²) in [5.74, 6) is 2.44. The number of aryl methyl sites for hydroxylation is 1. The number of benzene rings is 2. The summed E-state index contributed by atoms with van der Waals surface area (Å²) in [7, 11) is 0. The van der Waals surface area contributed by atoms with Crippen molar-refractivity contribution < 1.29 is 23.7 Å². The third-order valence-electron chi connectivity index (χ3n) is 5.94. The number of rotatable bonds is 6. The second kappa shape index (κ2) is 8.19. The highest BCUT2D eigenvalue weighted by molar-refractivity contribution is 5.49. The van der Waals surface area contributed by atoms with Gasteiger partial charge in [-0.2, -0.15) is 0 Å². The van der Waals surface area contributed by atoms with E-state index in [1.54, 1.807) is 12.1 Å². The normalized spacial score (nSPS) is 18.9. The quantitative estimate of drug-likeness (QED) is 0.589. The molecule has 0 unspecified atom stereocenters. The van der Waals surface area contributed by atoms with Crippen molar-refractivity contribution in [2.24, 2.45) is 0 Å². The molecule has 1 N–H and O–H groups in total. The average Bonchev–Trinajstić information content (AvgIpc) is 3.36. The minimum Gasteiger partial charge on any atom is -0.493 e. The van der Waals surface area contributed by atoms with Gasteiger partial charge in [0.05, 0.1) is 6.61 Å². The van der Waals surface area contributed by atoms with Crippen LogP contribution in [0.2, 0.25) is 0 Å². The molecular formula is C25H24FNO4. The second-order valence-corrected chi connectivity index (χ2v) is 8.02. The van der Waals surface area contributed by atoms with Crippen molar-refractivity contribution in [2.45, 2.75) is 38.2 Å². The number of aliphatic hydroxyl groups excluding tert-OH is 1. The van der Waals surface area contributed by atoms with Gasteiger partial charge in [-0.1, -0.05) is 12.1 Å². The van der Waals surface area contributed by atoms with Gasteiger partial charge in [0.1, 0.15) is 29.2 Å². The lowest BCUT2D eigenvalue weighted by atomic mass is 9.98. The Morgan fingerprint density at radius 1 is 1.19 bits per heavy atom. The van der Waals surface area contributed by atoms with E-state index in [1.165, 1.54) is 6.07 Å². The smallest absolute Gasteiger partial charge is 0.219 e. The maximum atomic E-state index is 14.8. The Hall–Kier alpha value is -3.12. The van der Waals surface area contributed by atoms with Gasteiger partial charge < -0.3 is 19.3 Å². The Bertz CT molecular complexity index is 1120. The van der Waals surface area contributed by atoms with Crippen molar-refractivity contribution in [2.75, 3.05) is 13.2 Å². The van der Waals surface area contributed by atoms with E-state index < -0.39 is 6.10 Å². The van der Waals surface area contributed by atoms with E-state index in [2.05, 4.69) is 4.98 Å². The van der Waals surface area contributed by atoms with Crippen molar-refractivity contribution in [3.05, 3.63) is 76.7 Å². The molecule has 2 aliphatic rings. The molecule has 160 valence electrons. The monoisotopic (exact) mass is 421 g/mol. The number of fused-ring (bicyclic) bond motifs is 2. The largest absolute Gasteiger partial charge is 0.493 e. The second-order valence-electron chi connectivity index (χ2n) is 8.02. The van der Waals surface area contributed by atoms with Crippen molar-refractivity contribution in [1.29, 1.82) is 0 Å². The molecule has 1 aromatic heterocycles. The summed E-state index contributed by atoms with van der Waals surface area (Å²) in [6.45, 7) is 2.60. The molecule has 0 spiro atoms. The van der Waals surface area contributed by atoms with Gasteiger partial charge in [-0.25, -0.2) is 9.37 Å². The van der Waals surface area contributed by atoms with E-state index >= 15 is 0 Å². The van der Waals surface area contributed by atoms with Crippen molar-refractivity contribution in [3.8, 4) is 23.1 Å². The zero-order valence-corrected chi connectivity index (χ0v) is 17.3. The Balaban J connectivity index is 1.38. The lowest BCUT2D eigenvalue weighted by Crippen LogP contribution is -2.06. The summed E-state index contributed by atoms with van der Waals surface area (Å²) < 4.78 is 32.7. The molecule has 1 aliphatic heterocycles. The maximum absolute atomic E-state index is 14.8. The highest BCUT2D eigenvalue weighted by Gasteiger charge is 2.31. The maximum Gasteiger partial charge on any atom is 0.219 e. The number of nitrogens with zero attached hydrogens (tertiary/aromatic N) is 1. The summed E-state index contributed by atoms with van der Waals surface area (Å²) in [6.07, 6.45) is 1.61. The van der Waals surface area contributed by atoms with E-state index in [0.29, 0.717) is 48.8 Å². The predicted molar refractivity (Wildman–Crippen MR) is 114 cm³/mol. The summed E-state index contributed by atoms with van der Waals surface area (Å²) in [4.78, 5) is 4.38. The third kappa shape index (κ3) is 3.83. The number of halogens is 1. The molecule has 2 atom stereocenters. The number of hydrogen-bond donors (Lipinski definition) is 1. The fourth-order valence-corrected chi connectivity index (χ4v) is 4.43. The average molecular weight is 421 g/mol. The first-order valence-electron chi connectivity index (χ1n) is 10.6. The molecule has 3 aromatic rings. The molecule has 0 radical (unpaired) electrons. The summed E-state index contributed by atoms with van der Waals surface area (Å²) in [6, 6.07) is 14.4. The van der Waals surface area contributed by atoms with Gasteiger partial charge in [-0.15, -0.1) is 0 Å². The van der Waals surface area contributed by atoms with Crippen LogP contribution in [0.15, 0.2) is 48.5 Å². The van der Waals surface area contributed by atoms with Gasteiger partial charge in [0.15, 0.2) is 0 Å². The van der Waals surface area contributed by atoms with E-state index in [0.717, 1.165) is 22.6 Å². The fraction of sp³-hybridized carbons (Fsp3) is 0.320. The molecule has 31 heavy (non-hydrogen) atoms. The van der Waals surface area contributed by atoms with E-state index in [9.17, 15) is 9.50 Å². The van der Waals surface area contributed by atoms with Gasteiger partial charge in [0.25, 0.3) is 0 Å². The minimum atomic E-state index is -0.392. The first kappa shape index (κ1) is 19.8. The lowest BCUT2D eigenvalue weighted by Gasteiger charge is -2.17. The zero-order valence-electron chi connectivity index (χ0n) is 17.3. The molecule has 2 aromatic carbocycles. The summed E-state index contributed by atoms with van der Waals surface area (Å²) in [5.41, 5.74) is 3.32.